The third-order valence-electron chi connectivity index (χ3n) is 4.96. The molecule has 0 aliphatic carbocycles. The molecule has 2 aromatic rings. The first-order chi connectivity index (χ1) is 13.7. The van der Waals surface area contributed by atoms with Crippen molar-refractivity contribution in [2.24, 2.45) is 5.73 Å². The number of pyridine rings is 1. The molecule has 0 saturated carbocycles. The Kier molecular flexibility index (Phi) is 5.82. The third kappa shape index (κ3) is 4.53. The summed E-state index contributed by atoms with van der Waals surface area (Å²) in [6.07, 6.45) is 1.92. The number of hydrogen-bond acceptors (Lipinski definition) is 7. The Morgan fingerprint density at radius 3 is 2.76 bits per heavy atom. The third-order valence-corrected chi connectivity index (χ3v) is 4.96. The van der Waals surface area contributed by atoms with Crippen molar-refractivity contribution in [1.29, 1.82) is 0 Å². The molecule has 0 spiro atoms. The fourth-order valence-corrected chi connectivity index (χ4v) is 3.33. The molecule has 1 aliphatic heterocycles. The van der Waals surface area contributed by atoms with E-state index in [1.165, 1.54) is 11.1 Å². The minimum Gasteiger partial charge on any atom is -0.480 e. The molecule has 0 bridgehead atoms. The summed E-state index contributed by atoms with van der Waals surface area (Å²) in [6.45, 7) is -0.882. The monoisotopic (exact) mass is 406 g/mol. The molecule has 3 heterocycles. The number of β-amino-alcohol motifs (C(OH)–C–C–N with tert-alkyl or cyclic N) is 1. The highest BCUT2D eigenvalue weighted by Gasteiger charge is 2.42. The van der Waals surface area contributed by atoms with Gasteiger partial charge in [-0.05, 0) is 18.6 Å². The van der Waals surface area contributed by atoms with Gasteiger partial charge in [-0.25, -0.2) is 9.78 Å². The second kappa shape index (κ2) is 8.15. The second-order valence-electron chi connectivity index (χ2n) is 7.04. The van der Waals surface area contributed by atoms with Gasteiger partial charge in [-0.3, -0.25) is 9.59 Å². The number of primary amides is 1. The van der Waals surface area contributed by atoms with Crippen LogP contribution in [0.2, 0.25) is 0 Å². The van der Waals surface area contributed by atoms with Crippen molar-refractivity contribution in [3.05, 3.63) is 30.1 Å². The Bertz CT molecular complexity index is 943. The van der Waals surface area contributed by atoms with Crippen molar-refractivity contribution in [2.45, 2.75) is 24.7 Å². The minimum atomic E-state index is -1.49. The van der Waals surface area contributed by atoms with E-state index in [2.05, 4.69) is 4.98 Å². The summed E-state index contributed by atoms with van der Waals surface area (Å²) in [7, 11) is 0. The number of aliphatic hydroxyl groups is 2. The van der Waals surface area contributed by atoms with Crippen molar-refractivity contribution in [3.8, 4) is 0 Å². The normalized spacial score (nSPS) is 22.0. The van der Waals surface area contributed by atoms with Gasteiger partial charge in [0, 0.05) is 30.9 Å². The van der Waals surface area contributed by atoms with E-state index in [0.717, 1.165) is 0 Å². The topological polar surface area (TPSA) is 168 Å². The standard InChI is InChI=1S/C18H22N4O7/c19-16(27)12-5-11-1-3-22(17(11)20-6-12)10-18(28)2-4-21(7-13(18)23)14(24)8-29-9-15(25)26/h1,3,5-6,13,23,28H,2,4,7-10H2,(H2,19,27)(H,25,26)/t13-,18-/m1/s1. The first-order valence-corrected chi connectivity index (χ1v) is 8.92. The smallest absolute Gasteiger partial charge is 0.329 e. The number of fused-ring (bicyclic) bond motifs is 1. The van der Waals surface area contributed by atoms with Gasteiger partial charge in [0.2, 0.25) is 11.8 Å². The van der Waals surface area contributed by atoms with Gasteiger partial charge in [0.15, 0.2) is 0 Å². The maximum atomic E-state index is 12.1. The number of ether oxygens (including phenoxy) is 1. The molecule has 0 aromatic carbocycles. The van der Waals surface area contributed by atoms with Gasteiger partial charge in [0.05, 0.1) is 12.1 Å². The number of hydrogen-bond donors (Lipinski definition) is 4. The Morgan fingerprint density at radius 1 is 1.34 bits per heavy atom. The molecule has 29 heavy (non-hydrogen) atoms. The largest absolute Gasteiger partial charge is 0.480 e. The Morgan fingerprint density at radius 2 is 2.10 bits per heavy atom. The van der Waals surface area contributed by atoms with E-state index in [1.54, 1.807) is 22.9 Å². The fraction of sp³-hybridized carbons (Fsp3) is 0.444. The number of piperidine rings is 1. The van der Waals surface area contributed by atoms with Gasteiger partial charge in [-0.1, -0.05) is 0 Å². The highest BCUT2D eigenvalue weighted by atomic mass is 16.5. The molecular formula is C18H22N4O7. The lowest BCUT2D eigenvalue weighted by atomic mass is 9.88. The lowest BCUT2D eigenvalue weighted by molar-refractivity contribution is -0.157. The second-order valence-corrected chi connectivity index (χ2v) is 7.04. The predicted octanol–water partition coefficient (Wildman–Crippen LogP) is -1.44. The highest BCUT2D eigenvalue weighted by Crippen LogP contribution is 2.27. The number of carboxylic acid groups (broad SMARTS) is 1. The zero-order chi connectivity index (χ0) is 21.2. The molecule has 11 nitrogen and oxygen atoms in total. The van der Waals surface area contributed by atoms with Crippen molar-refractivity contribution >= 4 is 28.8 Å². The summed E-state index contributed by atoms with van der Waals surface area (Å²) in [5.74, 6) is -2.23. The van der Waals surface area contributed by atoms with Crippen LogP contribution < -0.4 is 5.73 Å². The van der Waals surface area contributed by atoms with Crippen molar-refractivity contribution < 1.29 is 34.4 Å². The number of nitrogens with zero attached hydrogens (tertiary/aromatic N) is 3. The van der Waals surface area contributed by atoms with Crippen LogP contribution in [0.4, 0.5) is 0 Å². The van der Waals surface area contributed by atoms with Gasteiger partial charge in [0.1, 0.15) is 30.6 Å². The van der Waals surface area contributed by atoms with Crippen LogP contribution >= 0.6 is 0 Å². The number of rotatable bonds is 7. The Balaban J connectivity index is 1.66. The summed E-state index contributed by atoms with van der Waals surface area (Å²) in [4.78, 5) is 39.3. The molecule has 1 saturated heterocycles. The van der Waals surface area contributed by atoms with Crippen LogP contribution in [0.1, 0.15) is 16.8 Å². The SMILES string of the molecule is NC(=O)c1cnc2c(ccn2C[C@]2(O)CCN(C(=O)COCC(=O)O)C[C@H]2O)c1. The molecule has 2 amide bonds. The summed E-state index contributed by atoms with van der Waals surface area (Å²) in [6, 6.07) is 3.32. The van der Waals surface area contributed by atoms with Crippen molar-refractivity contribution in [3.63, 3.8) is 0 Å². The van der Waals surface area contributed by atoms with Crippen LogP contribution in [-0.4, -0.2) is 85.6 Å². The number of carbonyl (C=O) groups is 3. The molecule has 1 fully saturated rings. The molecular weight excluding hydrogens is 384 g/mol. The summed E-state index contributed by atoms with van der Waals surface area (Å²) in [5, 5.41) is 30.6. The maximum Gasteiger partial charge on any atom is 0.329 e. The lowest BCUT2D eigenvalue weighted by Crippen LogP contribution is -2.59. The number of carboxylic acids is 1. The summed E-state index contributed by atoms with van der Waals surface area (Å²) in [5.41, 5.74) is 4.56. The summed E-state index contributed by atoms with van der Waals surface area (Å²) >= 11 is 0. The number of aromatic nitrogens is 2. The van der Waals surface area contributed by atoms with Gasteiger partial charge >= 0.3 is 5.97 Å². The maximum absolute atomic E-state index is 12.1. The van der Waals surface area contributed by atoms with E-state index in [1.807, 2.05) is 0 Å². The predicted molar refractivity (Wildman–Crippen MR) is 98.9 cm³/mol. The Hall–Kier alpha value is -3.02. The average Bonchev–Trinajstić information content (AvgIpc) is 3.05. The van der Waals surface area contributed by atoms with Crippen LogP contribution in [0, 0.1) is 0 Å². The Labute approximate surface area is 165 Å². The number of carbonyl (C=O) groups excluding carboxylic acids is 2. The molecule has 2 aromatic heterocycles. The number of aliphatic carboxylic acids is 1. The van der Waals surface area contributed by atoms with Gasteiger partial charge in [0.25, 0.3) is 0 Å². The van der Waals surface area contributed by atoms with Crippen LogP contribution in [0.3, 0.4) is 0 Å². The first kappa shape index (κ1) is 20.7. The molecule has 2 atom stereocenters. The number of aliphatic hydroxyl groups excluding tert-OH is 1. The zero-order valence-corrected chi connectivity index (χ0v) is 15.5. The molecule has 11 heteroatoms. The minimum absolute atomic E-state index is 0.0398. The quantitative estimate of drug-likeness (QED) is 0.433. The molecule has 1 aliphatic rings. The number of amides is 2. The molecule has 0 unspecified atom stereocenters. The first-order valence-electron chi connectivity index (χ1n) is 8.92. The number of nitrogens with two attached hydrogens (primary N) is 1. The van der Waals surface area contributed by atoms with E-state index in [4.69, 9.17) is 15.6 Å². The van der Waals surface area contributed by atoms with Crippen LogP contribution in [0.5, 0.6) is 0 Å². The van der Waals surface area contributed by atoms with Crippen LogP contribution in [-0.2, 0) is 20.9 Å². The van der Waals surface area contributed by atoms with Crippen molar-refractivity contribution in [2.75, 3.05) is 26.3 Å². The average molecular weight is 406 g/mol. The molecule has 156 valence electrons. The highest BCUT2D eigenvalue weighted by molar-refractivity contribution is 5.95. The van der Waals surface area contributed by atoms with E-state index in [9.17, 15) is 24.6 Å². The van der Waals surface area contributed by atoms with Gasteiger partial charge in [-0.15, -0.1) is 0 Å². The lowest BCUT2D eigenvalue weighted by Gasteiger charge is -2.42. The van der Waals surface area contributed by atoms with E-state index >= 15 is 0 Å². The van der Waals surface area contributed by atoms with E-state index in [-0.39, 0.29) is 31.6 Å². The fourth-order valence-electron chi connectivity index (χ4n) is 3.33. The summed E-state index contributed by atoms with van der Waals surface area (Å²) < 4.78 is 6.44. The number of likely N-dealkylation sites (tertiary alicyclic amines) is 1. The van der Waals surface area contributed by atoms with E-state index < -0.39 is 42.7 Å². The van der Waals surface area contributed by atoms with Crippen LogP contribution in [0.25, 0.3) is 11.0 Å². The molecule has 3 rings (SSSR count). The van der Waals surface area contributed by atoms with Gasteiger partial charge in [-0.2, -0.15) is 0 Å². The van der Waals surface area contributed by atoms with E-state index in [0.29, 0.717) is 11.0 Å². The zero-order valence-electron chi connectivity index (χ0n) is 15.5. The van der Waals surface area contributed by atoms with Gasteiger partial charge < -0.3 is 35.3 Å². The van der Waals surface area contributed by atoms with Crippen LogP contribution in [0.15, 0.2) is 24.5 Å². The molecule has 5 N–H and O–H groups in total. The van der Waals surface area contributed by atoms with Crippen molar-refractivity contribution in [1.82, 2.24) is 14.5 Å². The molecule has 0 radical (unpaired) electrons.